The highest BCUT2D eigenvalue weighted by Gasteiger charge is 2.37. The number of imide groups is 1. The number of hydrogen-bond acceptors (Lipinski definition) is 8. The van der Waals surface area contributed by atoms with Gasteiger partial charge in [-0.3, -0.25) is 33.5 Å². The van der Waals surface area contributed by atoms with Gasteiger partial charge < -0.3 is 20.2 Å². The number of amides is 3. The molecule has 0 spiro atoms. The Hall–Kier alpha value is -5.64. The standard InChI is InChI=1S/C44H49F3N8O5/c1-51-37-17-25(6-11-35(37)55(44(51)60)36-12-13-38(56)49-43(36)59)3-2-15-52-21-27-14-16-53(23-29(27)22-52)31-10-7-28-24-54(50-34(28)18-31)30-8-4-26(5-9-30)20-48-42(58)32-19-33(45)41(57)40(47)39(32)46/h6-7,10-11,17-19,24,26-27,29-30,36,57H,2-5,8-9,12-16,20-23H2,1H3,(H,48,58)(H,49,56,59)/t26?,27-,29-,30?,36-/m1/s1. The van der Waals surface area contributed by atoms with Crippen molar-refractivity contribution in [1.29, 1.82) is 0 Å². The molecule has 4 aliphatic rings. The van der Waals surface area contributed by atoms with E-state index in [0.717, 1.165) is 99.7 Å². The number of halogens is 3. The van der Waals surface area contributed by atoms with E-state index in [4.69, 9.17) is 5.10 Å². The number of fused-ring (bicyclic) bond motifs is 3. The number of phenols is 1. The summed E-state index contributed by atoms with van der Waals surface area (Å²) in [6.07, 6.45) is 8.96. The van der Waals surface area contributed by atoms with Gasteiger partial charge in [-0.15, -0.1) is 0 Å². The third-order valence-electron chi connectivity index (χ3n) is 13.5. The van der Waals surface area contributed by atoms with Crippen molar-refractivity contribution in [2.45, 2.75) is 69.9 Å². The Morgan fingerprint density at radius 2 is 1.72 bits per heavy atom. The molecule has 3 atom stereocenters. The molecule has 0 unspecified atom stereocenters. The van der Waals surface area contributed by atoms with E-state index in [1.54, 1.807) is 11.6 Å². The summed E-state index contributed by atoms with van der Waals surface area (Å²) in [5.41, 5.74) is 3.76. The highest BCUT2D eigenvalue weighted by Crippen LogP contribution is 2.36. The normalized spacial score (nSPS) is 23.7. The Morgan fingerprint density at radius 3 is 2.52 bits per heavy atom. The second kappa shape index (κ2) is 16.1. The number of aromatic nitrogens is 4. The van der Waals surface area contributed by atoms with Crippen LogP contribution in [0.4, 0.5) is 18.9 Å². The van der Waals surface area contributed by atoms with Gasteiger partial charge in [0.1, 0.15) is 6.04 Å². The molecule has 2 aromatic heterocycles. The lowest BCUT2D eigenvalue weighted by atomic mass is 9.86. The highest BCUT2D eigenvalue weighted by atomic mass is 19.2. The summed E-state index contributed by atoms with van der Waals surface area (Å²) in [7, 11) is 1.73. The zero-order valence-electron chi connectivity index (χ0n) is 33.5. The lowest BCUT2D eigenvalue weighted by Gasteiger charge is -2.36. The van der Waals surface area contributed by atoms with Crippen molar-refractivity contribution in [2.24, 2.45) is 24.8 Å². The first kappa shape index (κ1) is 39.8. The number of hydrogen-bond donors (Lipinski definition) is 3. The van der Waals surface area contributed by atoms with E-state index in [1.165, 1.54) is 10.3 Å². The SMILES string of the molecule is Cn1c(=O)n([C@@H]2CCC(=O)NC2=O)c2ccc(CCCN3C[C@H]4CCN(c5ccc6cn(C7CCC(CNC(=O)c8cc(F)c(O)c(F)c8F)CC7)nc6c5)C[C@H]4C3)cc21. The maximum absolute atomic E-state index is 14.2. The molecule has 16 heteroatoms. The molecule has 0 radical (unpaired) electrons. The third kappa shape index (κ3) is 7.54. The van der Waals surface area contributed by atoms with Gasteiger partial charge in [0.25, 0.3) is 5.91 Å². The predicted octanol–water partition coefficient (Wildman–Crippen LogP) is 5.34. The molecule has 60 heavy (non-hydrogen) atoms. The van der Waals surface area contributed by atoms with Gasteiger partial charge in [0, 0.05) is 63.5 Å². The Morgan fingerprint density at radius 1 is 0.917 bits per heavy atom. The fourth-order valence-electron chi connectivity index (χ4n) is 10.1. The average molecular weight is 827 g/mol. The van der Waals surface area contributed by atoms with Crippen molar-refractivity contribution in [3.63, 3.8) is 0 Å². The summed E-state index contributed by atoms with van der Waals surface area (Å²) in [5, 5.41) is 20.3. The smallest absolute Gasteiger partial charge is 0.329 e. The summed E-state index contributed by atoms with van der Waals surface area (Å²) in [6, 6.07) is 12.6. The van der Waals surface area contributed by atoms with Crippen LogP contribution in [0.15, 0.2) is 53.5 Å². The van der Waals surface area contributed by atoms with Crippen molar-refractivity contribution in [3.05, 3.63) is 87.7 Å². The predicted molar refractivity (Wildman–Crippen MR) is 218 cm³/mol. The number of nitrogens with zero attached hydrogens (tertiary/aromatic N) is 6. The van der Waals surface area contributed by atoms with Crippen LogP contribution >= 0.6 is 0 Å². The third-order valence-corrected chi connectivity index (χ3v) is 13.5. The fraction of sp³-hybridized carbons (Fsp3) is 0.477. The van der Waals surface area contributed by atoms with Crippen LogP contribution in [0.5, 0.6) is 5.75 Å². The van der Waals surface area contributed by atoms with Crippen LogP contribution in [-0.2, 0) is 23.1 Å². The summed E-state index contributed by atoms with van der Waals surface area (Å²) >= 11 is 0. The molecule has 1 saturated carbocycles. The molecule has 0 bridgehead atoms. The summed E-state index contributed by atoms with van der Waals surface area (Å²) in [5.74, 6) is -6.44. The van der Waals surface area contributed by atoms with Crippen LogP contribution in [-0.4, -0.2) is 85.9 Å². The molecule has 4 fully saturated rings. The van der Waals surface area contributed by atoms with E-state index in [9.17, 15) is 37.5 Å². The van der Waals surface area contributed by atoms with Crippen LogP contribution in [0.2, 0.25) is 0 Å². The molecule has 316 valence electrons. The Bertz CT molecular complexity index is 2560. The number of rotatable bonds is 10. The van der Waals surface area contributed by atoms with Gasteiger partial charge in [-0.05, 0) is 118 Å². The number of anilines is 1. The Kier molecular flexibility index (Phi) is 10.7. The molecule has 13 nitrogen and oxygen atoms in total. The molecule has 3 N–H and O–H groups in total. The number of likely N-dealkylation sites (tertiary alicyclic amines) is 1. The van der Waals surface area contributed by atoms with Crippen LogP contribution in [0.1, 0.15) is 79.4 Å². The molecular weight excluding hydrogens is 778 g/mol. The minimum absolute atomic E-state index is 0.132. The van der Waals surface area contributed by atoms with Crippen LogP contribution < -0.4 is 21.2 Å². The molecular formula is C44H49F3N8O5. The van der Waals surface area contributed by atoms with Gasteiger partial charge in [0.15, 0.2) is 17.4 Å². The first-order valence-electron chi connectivity index (χ1n) is 21.1. The summed E-state index contributed by atoms with van der Waals surface area (Å²) in [4.78, 5) is 55.0. The number of carbonyl (C=O) groups excluding carboxylic acids is 3. The zero-order valence-corrected chi connectivity index (χ0v) is 33.5. The van der Waals surface area contributed by atoms with Gasteiger partial charge in [0.2, 0.25) is 17.6 Å². The molecule has 5 aromatic rings. The van der Waals surface area contributed by atoms with Gasteiger partial charge >= 0.3 is 5.69 Å². The largest absolute Gasteiger partial charge is 0.503 e. The Labute approximate surface area is 344 Å². The molecule has 1 aliphatic carbocycles. The van der Waals surface area contributed by atoms with Gasteiger partial charge in [-0.2, -0.15) is 9.49 Å². The Balaban J connectivity index is 0.753. The van der Waals surface area contributed by atoms with Crippen LogP contribution in [0.25, 0.3) is 21.9 Å². The van der Waals surface area contributed by atoms with Gasteiger partial charge in [-0.25, -0.2) is 13.6 Å². The molecule has 3 saturated heterocycles. The van der Waals surface area contributed by atoms with Crippen molar-refractivity contribution in [3.8, 4) is 5.75 Å². The summed E-state index contributed by atoms with van der Waals surface area (Å²) in [6.45, 7) is 5.44. The van der Waals surface area contributed by atoms with Crippen molar-refractivity contribution in [2.75, 3.05) is 44.2 Å². The van der Waals surface area contributed by atoms with Crippen LogP contribution in [0, 0.1) is 35.2 Å². The highest BCUT2D eigenvalue weighted by molar-refractivity contribution is 6.00. The monoisotopic (exact) mass is 826 g/mol. The number of piperidine rings is 2. The molecule has 3 aromatic carbocycles. The lowest BCUT2D eigenvalue weighted by Crippen LogP contribution is -2.44. The van der Waals surface area contributed by atoms with E-state index in [-0.39, 0.29) is 36.5 Å². The second-order valence-corrected chi connectivity index (χ2v) is 17.2. The van der Waals surface area contributed by atoms with E-state index < -0.39 is 46.6 Å². The molecule has 3 amide bonds. The minimum Gasteiger partial charge on any atom is -0.503 e. The van der Waals surface area contributed by atoms with Crippen molar-refractivity contribution < 1.29 is 32.7 Å². The summed E-state index contributed by atoms with van der Waals surface area (Å²) < 4.78 is 46.8. The van der Waals surface area contributed by atoms with Crippen LogP contribution in [0.3, 0.4) is 0 Å². The fourth-order valence-corrected chi connectivity index (χ4v) is 10.1. The average Bonchev–Trinajstić information content (AvgIpc) is 3.93. The quantitative estimate of drug-likeness (QED) is 0.126. The molecule has 3 aliphatic heterocycles. The topological polar surface area (TPSA) is 147 Å². The second-order valence-electron chi connectivity index (χ2n) is 17.2. The number of imidazole rings is 1. The first-order chi connectivity index (χ1) is 28.9. The number of aryl methyl sites for hydroxylation is 2. The van der Waals surface area contributed by atoms with Gasteiger partial charge in [-0.1, -0.05) is 6.07 Å². The number of benzene rings is 3. The van der Waals surface area contributed by atoms with E-state index in [1.807, 2.05) is 12.1 Å². The van der Waals surface area contributed by atoms with E-state index in [0.29, 0.717) is 29.8 Å². The van der Waals surface area contributed by atoms with Crippen molar-refractivity contribution in [1.82, 2.24) is 34.4 Å². The maximum Gasteiger partial charge on any atom is 0.329 e. The molecule has 5 heterocycles. The van der Waals surface area contributed by atoms with Crippen molar-refractivity contribution >= 4 is 45.3 Å². The van der Waals surface area contributed by atoms with E-state index >= 15 is 0 Å². The maximum atomic E-state index is 14.2. The van der Waals surface area contributed by atoms with Gasteiger partial charge in [0.05, 0.1) is 28.2 Å². The number of aromatic hydroxyl groups is 1. The number of nitrogens with one attached hydrogen (secondary N) is 2. The number of phenolic OH excluding ortho intramolecular Hbond substituents is 1. The van der Waals surface area contributed by atoms with E-state index in [2.05, 4.69) is 55.6 Å². The first-order valence-corrected chi connectivity index (χ1v) is 21.1. The lowest BCUT2D eigenvalue weighted by molar-refractivity contribution is -0.135. The number of carbonyl (C=O) groups is 3. The minimum atomic E-state index is -1.78. The zero-order chi connectivity index (χ0) is 41.8. The molecule has 9 rings (SSSR count).